The molecular formula is C15H28N4. The van der Waals surface area contributed by atoms with Gasteiger partial charge in [0, 0.05) is 26.2 Å². The van der Waals surface area contributed by atoms with Gasteiger partial charge in [0.05, 0.1) is 11.4 Å². The Morgan fingerprint density at radius 1 is 1.53 bits per heavy atom. The van der Waals surface area contributed by atoms with Crippen LogP contribution >= 0.6 is 0 Å². The molecule has 2 rings (SSSR count). The van der Waals surface area contributed by atoms with Crippen molar-refractivity contribution in [2.75, 3.05) is 19.6 Å². The van der Waals surface area contributed by atoms with Crippen LogP contribution in [0.5, 0.6) is 0 Å². The molecule has 1 aliphatic rings. The lowest BCUT2D eigenvalue weighted by Crippen LogP contribution is -2.41. The van der Waals surface area contributed by atoms with E-state index in [2.05, 4.69) is 42.2 Å². The summed E-state index contributed by atoms with van der Waals surface area (Å²) in [6.45, 7) is 11.2. The van der Waals surface area contributed by atoms with Crippen molar-refractivity contribution in [2.45, 2.75) is 46.2 Å². The van der Waals surface area contributed by atoms with Crippen molar-refractivity contribution >= 4 is 0 Å². The fourth-order valence-electron chi connectivity index (χ4n) is 2.89. The molecule has 1 N–H and O–H groups in total. The molecule has 4 nitrogen and oxygen atoms in total. The standard InChI is InChI=1S/C15H28N4/c1-12(2)19(10-14-6-5-7-16-9-14)11-15-8-13(3)17-18(15)4/h8,12,14,16H,5-7,9-11H2,1-4H3. The summed E-state index contributed by atoms with van der Waals surface area (Å²) in [5.41, 5.74) is 2.43. The lowest BCUT2D eigenvalue weighted by Gasteiger charge is -2.32. The normalized spacial score (nSPS) is 20.4. The Bertz CT molecular complexity index is 391. The number of piperidine rings is 1. The molecule has 0 aliphatic carbocycles. The number of hydrogen-bond donors (Lipinski definition) is 1. The minimum Gasteiger partial charge on any atom is -0.316 e. The maximum Gasteiger partial charge on any atom is 0.0597 e. The highest BCUT2D eigenvalue weighted by molar-refractivity contribution is 5.08. The van der Waals surface area contributed by atoms with E-state index in [-0.39, 0.29) is 0 Å². The van der Waals surface area contributed by atoms with Crippen LogP contribution in [-0.4, -0.2) is 40.4 Å². The number of aryl methyl sites for hydroxylation is 2. The van der Waals surface area contributed by atoms with Crippen LogP contribution in [-0.2, 0) is 13.6 Å². The van der Waals surface area contributed by atoms with Crippen LogP contribution in [0.25, 0.3) is 0 Å². The number of nitrogens with one attached hydrogen (secondary N) is 1. The lowest BCUT2D eigenvalue weighted by molar-refractivity contribution is 0.160. The van der Waals surface area contributed by atoms with Crippen LogP contribution in [0.1, 0.15) is 38.1 Å². The molecule has 1 unspecified atom stereocenters. The van der Waals surface area contributed by atoms with Gasteiger partial charge in [-0.2, -0.15) is 5.10 Å². The number of hydrogen-bond acceptors (Lipinski definition) is 3. The van der Waals surface area contributed by atoms with E-state index < -0.39 is 0 Å². The van der Waals surface area contributed by atoms with E-state index in [1.54, 1.807) is 0 Å². The Labute approximate surface area is 117 Å². The van der Waals surface area contributed by atoms with E-state index in [1.165, 1.54) is 38.2 Å². The van der Waals surface area contributed by atoms with Crippen molar-refractivity contribution in [3.63, 3.8) is 0 Å². The van der Waals surface area contributed by atoms with Gasteiger partial charge in [-0.15, -0.1) is 0 Å². The third kappa shape index (κ3) is 4.05. The van der Waals surface area contributed by atoms with Crippen molar-refractivity contribution in [3.8, 4) is 0 Å². The van der Waals surface area contributed by atoms with Crippen LogP contribution in [0.3, 0.4) is 0 Å². The van der Waals surface area contributed by atoms with E-state index in [1.807, 2.05) is 11.7 Å². The van der Waals surface area contributed by atoms with Gasteiger partial charge in [-0.05, 0) is 58.7 Å². The molecule has 1 aromatic heterocycles. The number of aromatic nitrogens is 2. The van der Waals surface area contributed by atoms with Crippen LogP contribution < -0.4 is 5.32 Å². The average molecular weight is 264 g/mol. The fraction of sp³-hybridized carbons (Fsp3) is 0.800. The first-order chi connectivity index (χ1) is 9.06. The molecule has 108 valence electrons. The van der Waals surface area contributed by atoms with E-state index >= 15 is 0 Å². The van der Waals surface area contributed by atoms with Crippen LogP contribution in [0, 0.1) is 12.8 Å². The van der Waals surface area contributed by atoms with Gasteiger partial charge < -0.3 is 5.32 Å². The van der Waals surface area contributed by atoms with E-state index in [0.717, 1.165) is 18.2 Å². The van der Waals surface area contributed by atoms with Crippen molar-refractivity contribution in [3.05, 3.63) is 17.5 Å². The second-order valence-corrected chi connectivity index (χ2v) is 6.14. The summed E-state index contributed by atoms with van der Waals surface area (Å²) >= 11 is 0. The third-order valence-electron chi connectivity index (χ3n) is 4.09. The summed E-state index contributed by atoms with van der Waals surface area (Å²) in [4.78, 5) is 2.58. The third-order valence-corrected chi connectivity index (χ3v) is 4.09. The Balaban J connectivity index is 1.97. The Morgan fingerprint density at radius 3 is 2.84 bits per heavy atom. The molecule has 1 saturated heterocycles. The highest BCUT2D eigenvalue weighted by Gasteiger charge is 2.20. The molecule has 0 aromatic carbocycles. The molecule has 2 heterocycles. The largest absolute Gasteiger partial charge is 0.316 e. The summed E-state index contributed by atoms with van der Waals surface area (Å²) in [5, 5.41) is 7.96. The van der Waals surface area contributed by atoms with Crippen LogP contribution in [0.2, 0.25) is 0 Å². The fourth-order valence-corrected chi connectivity index (χ4v) is 2.89. The minimum atomic E-state index is 0.581. The molecule has 0 radical (unpaired) electrons. The smallest absolute Gasteiger partial charge is 0.0597 e. The first-order valence-electron chi connectivity index (χ1n) is 7.50. The first-order valence-corrected chi connectivity index (χ1v) is 7.50. The van der Waals surface area contributed by atoms with Gasteiger partial charge in [0.25, 0.3) is 0 Å². The van der Waals surface area contributed by atoms with Gasteiger partial charge >= 0.3 is 0 Å². The topological polar surface area (TPSA) is 33.1 Å². The van der Waals surface area contributed by atoms with E-state index in [9.17, 15) is 0 Å². The predicted molar refractivity (Wildman–Crippen MR) is 79.1 cm³/mol. The zero-order valence-electron chi connectivity index (χ0n) is 12.8. The van der Waals surface area contributed by atoms with Gasteiger partial charge in [-0.3, -0.25) is 9.58 Å². The molecule has 1 aromatic rings. The maximum atomic E-state index is 4.45. The monoisotopic (exact) mass is 264 g/mol. The molecule has 1 atom stereocenters. The highest BCUT2D eigenvalue weighted by Crippen LogP contribution is 2.16. The maximum absolute atomic E-state index is 4.45. The second kappa shape index (κ2) is 6.53. The van der Waals surface area contributed by atoms with Crippen molar-refractivity contribution in [1.82, 2.24) is 20.0 Å². The van der Waals surface area contributed by atoms with Crippen molar-refractivity contribution in [2.24, 2.45) is 13.0 Å². The Kier molecular flexibility index (Phi) is 4.99. The summed E-state index contributed by atoms with van der Waals surface area (Å²) in [7, 11) is 2.04. The zero-order valence-corrected chi connectivity index (χ0v) is 12.8. The van der Waals surface area contributed by atoms with Crippen molar-refractivity contribution in [1.29, 1.82) is 0 Å². The average Bonchev–Trinajstić information content (AvgIpc) is 2.68. The van der Waals surface area contributed by atoms with E-state index in [4.69, 9.17) is 0 Å². The van der Waals surface area contributed by atoms with Gasteiger partial charge in [-0.1, -0.05) is 0 Å². The second-order valence-electron chi connectivity index (χ2n) is 6.14. The predicted octanol–water partition coefficient (Wildman–Crippen LogP) is 1.94. The molecule has 0 amide bonds. The summed E-state index contributed by atoms with van der Waals surface area (Å²) in [6, 6.07) is 2.78. The Morgan fingerprint density at radius 2 is 2.32 bits per heavy atom. The number of rotatable bonds is 5. The van der Waals surface area contributed by atoms with Gasteiger partial charge in [0.1, 0.15) is 0 Å². The summed E-state index contributed by atoms with van der Waals surface area (Å²) in [6.07, 6.45) is 2.68. The summed E-state index contributed by atoms with van der Waals surface area (Å²) in [5.74, 6) is 0.797. The number of nitrogens with zero attached hydrogens (tertiary/aromatic N) is 3. The molecule has 19 heavy (non-hydrogen) atoms. The van der Waals surface area contributed by atoms with Gasteiger partial charge in [0.15, 0.2) is 0 Å². The molecule has 1 aliphatic heterocycles. The SMILES string of the molecule is Cc1cc(CN(CC2CCCNC2)C(C)C)n(C)n1. The van der Waals surface area contributed by atoms with Crippen molar-refractivity contribution < 1.29 is 0 Å². The molecule has 4 heteroatoms. The molecular weight excluding hydrogens is 236 g/mol. The first kappa shape index (κ1) is 14.5. The summed E-state index contributed by atoms with van der Waals surface area (Å²) < 4.78 is 2.02. The van der Waals surface area contributed by atoms with E-state index in [0.29, 0.717) is 6.04 Å². The molecule has 0 saturated carbocycles. The molecule has 0 bridgehead atoms. The van der Waals surface area contributed by atoms with Gasteiger partial charge in [-0.25, -0.2) is 0 Å². The quantitative estimate of drug-likeness (QED) is 0.882. The lowest BCUT2D eigenvalue weighted by atomic mass is 9.98. The van der Waals surface area contributed by atoms with Gasteiger partial charge in [0.2, 0.25) is 0 Å². The van der Waals surface area contributed by atoms with Crippen LogP contribution in [0.4, 0.5) is 0 Å². The molecule has 1 fully saturated rings. The van der Waals surface area contributed by atoms with Crippen LogP contribution in [0.15, 0.2) is 6.07 Å². The molecule has 0 spiro atoms. The zero-order chi connectivity index (χ0) is 13.8. The highest BCUT2D eigenvalue weighted by atomic mass is 15.3. The Hall–Kier alpha value is -0.870. The minimum absolute atomic E-state index is 0.581.